The fourth-order valence-corrected chi connectivity index (χ4v) is 5.47. The lowest BCUT2D eigenvalue weighted by Crippen LogP contribution is -2.43. The van der Waals surface area contributed by atoms with Crippen molar-refractivity contribution < 1.29 is 18.0 Å². The largest absolute Gasteiger partial charge is 0.349 e. The van der Waals surface area contributed by atoms with Crippen LogP contribution in [-0.2, 0) is 14.8 Å². The van der Waals surface area contributed by atoms with E-state index in [0.717, 1.165) is 16.7 Å². The molecule has 0 aromatic heterocycles. The maximum absolute atomic E-state index is 12.9. The van der Waals surface area contributed by atoms with E-state index in [9.17, 15) is 18.0 Å². The van der Waals surface area contributed by atoms with E-state index < -0.39 is 10.0 Å². The number of amides is 1. The van der Waals surface area contributed by atoms with Crippen LogP contribution in [0.1, 0.15) is 59.8 Å². The fourth-order valence-electron chi connectivity index (χ4n) is 4.00. The van der Waals surface area contributed by atoms with Crippen molar-refractivity contribution in [3.05, 3.63) is 64.7 Å². The van der Waals surface area contributed by atoms with Crippen LogP contribution >= 0.6 is 0 Å². The number of aryl methyl sites for hydroxylation is 2. The maximum Gasteiger partial charge on any atom is 0.243 e. The number of rotatable bonds is 6. The molecular weight excluding hydrogens is 412 g/mol. The van der Waals surface area contributed by atoms with Crippen LogP contribution in [0, 0.1) is 19.8 Å². The van der Waals surface area contributed by atoms with Gasteiger partial charge in [0.25, 0.3) is 0 Å². The van der Waals surface area contributed by atoms with Gasteiger partial charge >= 0.3 is 0 Å². The van der Waals surface area contributed by atoms with E-state index in [2.05, 4.69) is 23.5 Å². The highest BCUT2D eigenvalue weighted by atomic mass is 32.2. The summed E-state index contributed by atoms with van der Waals surface area (Å²) in [7, 11) is -3.64. The normalized spacial score (nSPS) is 16.6. The molecule has 31 heavy (non-hydrogen) atoms. The second-order valence-corrected chi connectivity index (χ2v) is 10.3. The zero-order valence-electron chi connectivity index (χ0n) is 18.5. The van der Waals surface area contributed by atoms with Crippen LogP contribution in [0.25, 0.3) is 0 Å². The average molecular weight is 443 g/mol. The van der Waals surface area contributed by atoms with Crippen LogP contribution in [0.15, 0.2) is 47.4 Å². The van der Waals surface area contributed by atoms with Crippen LogP contribution in [0.2, 0.25) is 0 Å². The molecule has 2 aromatic rings. The molecule has 1 saturated heterocycles. The Labute approximate surface area is 184 Å². The first-order valence-electron chi connectivity index (χ1n) is 10.6. The zero-order chi connectivity index (χ0) is 22.8. The minimum absolute atomic E-state index is 0.0312. The van der Waals surface area contributed by atoms with Crippen molar-refractivity contribution in [2.45, 2.75) is 51.5 Å². The van der Waals surface area contributed by atoms with E-state index in [0.29, 0.717) is 31.5 Å². The summed E-state index contributed by atoms with van der Waals surface area (Å²) < 4.78 is 27.3. The molecule has 1 heterocycles. The van der Waals surface area contributed by atoms with Crippen molar-refractivity contribution in [3.63, 3.8) is 0 Å². The number of hydrogen-bond acceptors (Lipinski definition) is 4. The predicted octanol–water partition coefficient (Wildman–Crippen LogP) is 3.78. The SMILES string of the molecule is CC(=O)c1ccc(S(=O)(=O)N2CCC(C(=O)NC(C)c3cc(C)ccc3C)CC2)cc1. The molecule has 0 spiro atoms. The third-order valence-electron chi connectivity index (χ3n) is 5.98. The number of ketones is 1. The van der Waals surface area contributed by atoms with Gasteiger partial charge in [-0.25, -0.2) is 8.42 Å². The first kappa shape index (κ1) is 23.2. The third kappa shape index (κ3) is 5.22. The molecule has 1 atom stereocenters. The molecule has 6 nitrogen and oxygen atoms in total. The smallest absolute Gasteiger partial charge is 0.243 e. The lowest BCUT2D eigenvalue weighted by molar-refractivity contribution is -0.126. The maximum atomic E-state index is 12.9. The quantitative estimate of drug-likeness (QED) is 0.690. The van der Waals surface area contributed by atoms with E-state index in [1.165, 1.54) is 35.5 Å². The Morgan fingerprint density at radius 1 is 1.03 bits per heavy atom. The molecule has 2 aromatic carbocycles. The molecule has 3 rings (SSSR count). The summed E-state index contributed by atoms with van der Waals surface area (Å²) in [5, 5.41) is 3.10. The summed E-state index contributed by atoms with van der Waals surface area (Å²) in [6.07, 6.45) is 0.965. The van der Waals surface area contributed by atoms with E-state index in [4.69, 9.17) is 0 Å². The first-order chi connectivity index (χ1) is 14.6. The molecule has 0 saturated carbocycles. The number of carbonyl (C=O) groups is 2. The molecular formula is C24H30N2O4S. The van der Waals surface area contributed by atoms with E-state index in [1.54, 1.807) is 0 Å². The van der Waals surface area contributed by atoms with Crippen LogP contribution in [0.5, 0.6) is 0 Å². The van der Waals surface area contributed by atoms with Crippen molar-refractivity contribution in [2.24, 2.45) is 5.92 Å². The number of nitrogens with zero attached hydrogens (tertiary/aromatic N) is 1. The van der Waals surface area contributed by atoms with Crippen LogP contribution in [-0.4, -0.2) is 37.5 Å². The number of hydrogen-bond donors (Lipinski definition) is 1. The minimum atomic E-state index is -3.64. The van der Waals surface area contributed by atoms with Gasteiger partial charge in [0.05, 0.1) is 10.9 Å². The predicted molar refractivity (Wildman–Crippen MR) is 120 cm³/mol. The summed E-state index contributed by atoms with van der Waals surface area (Å²) in [5.74, 6) is -0.346. The van der Waals surface area contributed by atoms with Crippen molar-refractivity contribution >= 4 is 21.7 Å². The zero-order valence-corrected chi connectivity index (χ0v) is 19.3. The fraction of sp³-hybridized carbons (Fsp3) is 0.417. The van der Waals surface area contributed by atoms with Gasteiger partial charge in [0.15, 0.2) is 5.78 Å². The summed E-state index contributed by atoms with van der Waals surface area (Å²) in [4.78, 5) is 24.4. The lowest BCUT2D eigenvalue weighted by Gasteiger charge is -2.31. The second kappa shape index (κ2) is 9.32. The highest BCUT2D eigenvalue weighted by Gasteiger charge is 2.32. The van der Waals surface area contributed by atoms with Gasteiger partial charge in [0.2, 0.25) is 15.9 Å². The monoisotopic (exact) mass is 442 g/mol. The van der Waals surface area contributed by atoms with Gasteiger partial charge in [0, 0.05) is 24.6 Å². The number of Topliss-reactive ketones (excluding diaryl/α,β-unsaturated/α-hetero) is 1. The Hall–Kier alpha value is -2.51. The van der Waals surface area contributed by atoms with Crippen molar-refractivity contribution in [1.29, 1.82) is 0 Å². The Morgan fingerprint density at radius 3 is 2.23 bits per heavy atom. The van der Waals surface area contributed by atoms with Gasteiger partial charge in [-0.3, -0.25) is 9.59 Å². The number of benzene rings is 2. The van der Waals surface area contributed by atoms with Crippen LogP contribution in [0.4, 0.5) is 0 Å². The van der Waals surface area contributed by atoms with Crippen molar-refractivity contribution in [1.82, 2.24) is 9.62 Å². The summed E-state index contributed by atoms with van der Waals surface area (Å²) >= 11 is 0. The Balaban J connectivity index is 1.61. The van der Waals surface area contributed by atoms with Crippen LogP contribution in [0.3, 0.4) is 0 Å². The summed E-state index contributed by atoms with van der Waals surface area (Å²) in [6.45, 7) is 8.08. The van der Waals surface area contributed by atoms with E-state index in [1.807, 2.05) is 20.8 Å². The molecule has 166 valence electrons. The molecule has 7 heteroatoms. The standard InChI is InChI=1S/C24H30N2O4S/c1-16-5-6-17(2)23(15-16)18(3)25-24(28)21-11-13-26(14-12-21)31(29,30)22-9-7-20(8-10-22)19(4)27/h5-10,15,18,21H,11-14H2,1-4H3,(H,25,28). The molecule has 1 N–H and O–H groups in total. The molecule has 1 amide bonds. The highest BCUT2D eigenvalue weighted by molar-refractivity contribution is 7.89. The van der Waals surface area contributed by atoms with Gasteiger partial charge in [0.1, 0.15) is 0 Å². The summed E-state index contributed by atoms with van der Waals surface area (Å²) in [5.41, 5.74) is 3.86. The number of nitrogens with one attached hydrogen (secondary N) is 1. The molecule has 0 bridgehead atoms. The molecule has 1 unspecified atom stereocenters. The minimum Gasteiger partial charge on any atom is -0.349 e. The van der Waals surface area contributed by atoms with Gasteiger partial charge < -0.3 is 5.32 Å². The second-order valence-electron chi connectivity index (χ2n) is 8.35. The van der Waals surface area contributed by atoms with Crippen molar-refractivity contribution in [3.8, 4) is 0 Å². The Kier molecular flexibility index (Phi) is 6.96. The van der Waals surface area contributed by atoms with E-state index >= 15 is 0 Å². The molecule has 1 fully saturated rings. The molecule has 0 aliphatic carbocycles. The molecule has 0 radical (unpaired) electrons. The first-order valence-corrected chi connectivity index (χ1v) is 12.0. The summed E-state index contributed by atoms with van der Waals surface area (Å²) in [6, 6.07) is 12.1. The number of piperidine rings is 1. The van der Waals surface area contributed by atoms with Crippen LogP contribution < -0.4 is 5.32 Å². The molecule has 1 aliphatic rings. The lowest BCUT2D eigenvalue weighted by atomic mass is 9.95. The van der Waals surface area contributed by atoms with Gasteiger partial charge in [-0.05, 0) is 63.8 Å². The average Bonchev–Trinajstić information content (AvgIpc) is 2.75. The van der Waals surface area contributed by atoms with Gasteiger partial charge in [-0.2, -0.15) is 4.31 Å². The topological polar surface area (TPSA) is 83.6 Å². The van der Waals surface area contributed by atoms with E-state index in [-0.39, 0.29) is 28.5 Å². The number of carbonyl (C=O) groups excluding carboxylic acids is 2. The van der Waals surface area contributed by atoms with Crippen molar-refractivity contribution in [2.75, 3.05) is 13.1 Å². The van der Waals surface area contributed by atoms with Gasteiger partial charge in [-0.15, -0.1) is 0 Å². The number of sulfonamides is 1. The van der Waals surface area contributed by atoms with Gasteiger partial charge in [-0.1, -0.05) is 35.9 Å². The molecule has 1 aliphatic heterocycles. The Morgan fingerprint density at radius 2 is 1.65 bits per heavy atom. The Bertz CT molecular complexity index is 1070. The third-order valence-corrected chi connectivity index (χ3v) is 7.90. The highest BCUT2D eigenvalue weighted by Crippen LogP contribution is 2.26.